The van der Waals surface area contributed by atoms with Gasteiger partial charge in [-0.05, 0) is 23.8 Å². The van der Waals surface area contributed by atoms with E-state index in [1.165, 1.54) is 23.1 Å². The molecule has 0 bridgehead atoms. The third kappa shape index (κ3) is 5.34. The highest BCUT2D eigenvalue weighted by molar-refractivity contribution is 8.01. The molecule has 1 amide bonds. The molecule has 144 valence electrons. The van der Waals surface area contributed by atoms with Crippen molar-refractivity contribution < 1.29 is 14.3 Å². The normalized spacial score (nSPS) is 10.8. The number of thioether (sulfide) groups is 1. The summed E-state index contributed by atoms with van der Waals surface area (Å²) in [5.41, 5.74) is 5.29. The molecule has 1 aromatic heterocycles. The Morgan fingerprint density at radius 1 is 1.18 bits per heavy atom. The van der Waals surface area contributed by atoms with E-state index in [0.29, 0.717) is 11.5 Å². The average molecular weight is 414 g/mol. The number of nitrogens with zero attached hydrogens (tertiary/aromatic N) is 2. The van der Waals surface area contributed by atoms with E-state index in [0.717, 1.165) is 21.2 Å². The molecular weight excluding hydrogens is 394 g/mol. The van der Waals surface area contributed by atoms with Gasteiger partial charge in [-0.2, -0.15) is 5.10 Å². The zero-order chi connectivity index (χ0) is 19.8. The van der Waals surface area contributed by atoms with Crippen LogP contribution in [0.1, 0.15) is 5.56 Å². The summed E-state index contributed by atoms with van der Waals surface area (Å²) in [6.07, 6.45) is 1.56. The summed E-state index contributed by atoms with van der Waals surface area (Å²) in [6.45, 7) is 0. The number of ether oxygens (including phenoxy) is 2. The summed E-state index contributed by atoms with van der Waals surface area (Å²) in [5.74, 6) is 1.29. The molecule has 3 aromatic rings. The third-order valence-electron chi connectivity index (χ3n) is 3.69. The van der Waals surface area contributed by atoms with Crippen molar-refractivity contribution in [3.05, 3.63) is 59.5 Å². The minimum absolute atomic E-state index is 0.196. The van der Waals surface area contributed by atoms with Crippen LogP contribution in [0, 0.1) is 0 Å². The van der Waals surface area contributed by atoms with Crippen molar-refractivity contribution in [2.75, 3.05) is 20.0 Å². The molecular formula is C20H19N3O3S2. The molecule has 0 saturated carbocycles. The van der Waals surface area contributed by atoms with E-state index in [4.69, 9.17) is 9.47 Å². The predicted molar refractivity (Wildman–Crippen MR) is 114 cm³/mol. The predicted octanol–water partition coefficient (Wildman–Crippen LogP) is 4.07. The molecule has 0 aliphatic heterocycles. The molecule has 0 radical (unpaired) electrons. The second-order valence-electron chi connectivity index (χ2n) is 5.56. The van der Waals surface area contributed by atoms with Gasteiger partial charge in [-0.25, -0.2) is 10.4 Å². The third-order valence-corrected chi connectivity index (χ3v) is 5.71. The van der Waals surface area contributed by atoms with Crippen LogP contribution < -0.4 is 14.9 Å². The number of carbonyl (C=O) groups is 1. The van der Waals surface area contributed by atoms with E-state index in [-0.39, 0.29) is 11.7 Å². The first-order valence-corrected chi connectivity index (χ1v) is 10.2. The van der Waals surface area contributed by atoms with Crippen LogP contribution >= 0.6 is 23.1 Å². The van der Waals surface area contributed by atoms with E-state index >= 15 is 0 Å². The van der Waals surface area contributed by atoms with Crippen LogP contribution in [0.4, 0.5) is 0 Å². The molecule has 1 heterocycles. The Bertz CT molecular complexity index is 958. The van der Waals surface area contributed by atoms with Crippen molar-refractivity contribution >= 4 is 35.2 Å². The lowest BCUT2D eigenvalue weighted by Crippen LogP contribution is -2.19. The van der Waals surface area contributed by atoms with Gasteiger partial charge in [0.15, 0.2) is 15.8 Å². The summed E-state index contributed by atoms with van der Waals surface area (Å²) in [4.78, 5) is 16.5. The number of carbonyl (C=O) groups excluding carboxylic acids is 1. The number of thiazole rings is 1. The van der Waals surface area contributed by atoms with Crippen LogP contribution in [0.3, 0.4) is 0 Å². The first-order chi connectivity index (χ1) is 13.7. The summed E-state index contributed by atoms with van der Waals surface area (Å²) >= 11 is 2.91. The smallest absolute Gasteiger partial charge is 0.250 e. The van der Waals surface area contributed by atoms with E-state index in [2.05, 4.69) is 15.5 Å². The molecule has 6 nitrogen and oxygen atoms in total. The maximum absolute atomic E-state index is 12.0. The monoisotopic (exact) mass is 413 g/mol. The molecule has 2 aromatic carbocycles. The number of rotatable bonds is 8. The minimum Gasteiger partial charge on any atom is -0.493 e. The number of amides is 1. The number of hydrazone groups is 1. The fourth-order valence-electron chi connectivity index (χ4n) is 2.34. The first kappa shape index (κ1) is 19.9. The largest absolute Gasteiger partial charge is 0.493 e. The maximum Gasteiger partial charge on any atom is 0.250 e. The van der Waals surface area contributed by atoms with Gasteiger partial charge in [0.25, 0.3) is 5.91 Å². The van der Waals surface area contributed by atoms with E-state index in [9.17, 15) is 4.79 Å². The molecule has 28 heavy (non-hydrogen) atoms. The zero-order valence-electron chi connectivity index (χ0n) is 15.4. The minimum atomic E-state index is -0.196. The fraction of sp³-hybridized carbons (Fsp3) is 0.150. The van der Waals surface area contributed by atoms with Crippen LogP contribution in [-0.2, 0) is 4.79 Å². The van der Waals surface area contributed by atoms with Crippen LogP contribution in [0.2, 0.25) is 0 Å². The van der Waals surface area contributed by atoms with Gasteiger partial charge in [-0.1, -0.05) is 42.1 Å². The van der Waals surface area contributed by atoms with Gasteiger partial charge in [0.05, 0.1) is 31.9 Å². The van der Waals surface area contributed by atoms with Crippen molar-refractivity contribution in [2.24, 2.45) is 5.10 Å². The highest BCUT2D eigenvalue weighted by Crippen LogP contribution is 2.28. The maximum atomic E-state index is 12.0. The molecule has 8 heteroatoms. The van der Waals surface area contributed by atoms with E-state index in [1.54, 1.807) is 32.6 Å². The quantitative estimate of drug-likeness (QED) is 0.342. The van der Waals surface area contributed by atoms with Crippen molar-refractivity contribution in [1.29, 1.82) is 0 Å². The van der Waals surface area contributed by atoms with Gasteiger partial charge in [0.1, 0.15) is 0 Å². The topological polar surface area (TPSA) is 72.8 Å². The van der Waals surface area contributed by atoms with Crippen LogP contribution in [0.25, 0.3) is 11.3 Å². The van der Waals surface area contributed by atoms with Gasteiger partial charge < -0.3 is 9.47 Å². The number of aromatic nitrogens is 1. The van der Waals surface area contributed by atoms with Gasteiger partial charge in [0.2, 0.25) is 0 Å². The average Bonchev–Trinajstić information content (AvgIpc) is 3.22. The molecule has 0 atom stereocenters. The number of hydrogen-bond donors (Lipinski definition) is 1. The van der Waals surface area contributed by atoms with E-state index < -0.39 is 0 Å². The summed E-state index contributed by atoms with van der Waals surface area (Å²) < 4.78 is 11.3. The summed E-state index contributed by atoms with van der Waals surface area (Å²) in [7, 11) is 3.15. The van der Waals surface area contributed by atoms with Gasteiger partial charge in [0, 0.05) is 10.9 Å². The molecule has 0 fully saturated rings. The Morgan fingerprint density at radius 2 is 1.96 bits per heavy atom. The lowest BCUT2D eigenvalue weighted by molar-refractivity contribution is -0.118. The molecule has 0 saturated heterocycles. The van der Waals surface area contributed by atoms with Gasteiger partial charge in [-0.3, -0.25) is 4.79 Å². The number of methoxy groups -OCH3 is 2. The second-order valence-corrected chi connectivity index (χ2v) is 7.64. The molecule has 1 N–H and O–H groups in total. The van der Waals surface area contributed by atoms with E-state index in [1.807, 2.05) is 41.8 Å². The van der Waals surface area contributed by atoms with Crippen molar-refractivity contribution in [2.45, 2.75) is 4.34 Å². The molecule has 0 aliphatic rings. The molecule has 0 spiro atoms. The zero-order valence-corrected chi connectivity index (χ0v) is 17.0. The van der Waals surface area contributed by atoms with Crippen LogP contribution in [0.5, 0.6) is 11.5 Å². The number of nitrogens with one attached hydrogen (secondary N) is 1. The molecule has 3 rings (SSSR count). The highest BCUT2D eigenvalue weighted by Gasteiger charge is 2.08. The van der Waals surface area contributed by atoms with Crippen LogP contribution in [0.15, 0.2) is 63.4 Å². The fourth-order valence-corrected chi connectivity index (χ4v) is 3.96. The standard InChI is InChI=1S/C20H19N3O3S2/c1-25-17-9-8-14(10-18(17)26-2)11-21-23-19(24)13-28-20-22-16(12-27-20)15-6-4-3-5-7-15/h3-12H,13H2,1-2H3,(H,23,24)/b21-11+. The lowest BCUT2D eigenvalue weighted by Gasteiger charge is -2.07. The highest BCUT2D eigenvalue weighted by atomic mass is 32.2. The second kappa shape index (κ2) is 9.91. The van der Waals surface area contributed by atoms with Gasteiger partial charge in [-0.15, -0.1) is 11.3 Å². The van der Waals surface area contributed by atoms with Crippen molar-refractivity contribution in [1.82, 2.24) is 10.4 Å². The summed E-state index contributed by atoms with van der Waals surface area (Å²) in [6, 6.07) is 15.3. The SMILES string of the molecule is COc1ccc(/C=N/NC(=O)CSc2nc(-c3ccccc3)cs2)cc1OC. The first-order valence-electron chi connectivity index (χ1n) is 8.37. The Hall–Kier alpha value is -2.84. The number of benzene rings is 2. The van der Waals surface area contributed by atoms with Gasteiger partial charge >= 0.3 is 0 Å². The Balaban J connectivity index is 1.50. The lowest BCUT2D eigenvalue weighted by atomic mass is 10.2. The number of hydrogen-bond acceptors (Lipinski definition) is 7. The Morgan fingerprint density at radius 3 is 2.71 bits per heavy atom. The van der Waals surface area contributed by atoms with Crippen LogP contribution in [-0.4, -0.2) is 37.1 Å². The Kier molecular flexibility index (Phi) is 7.05. The Labute approximate surface area is 171 Å². The van der Waals surface area contributed by atoms with Crippen molar-refractivity contribution in [3.8, 4) is 22.8 Å². The molecule has 0 aliphatic carbocycles. The summed E-state index contributed by atoms with van der Waals surface area (Å²) in [5, 5.41) is 5.98. The van der Waals surface area contributed by atoms with Crippen molar-refractivity contribution in [3.63, 3.8) is 0 Å². The molecule has 0 unspecified atom stereocenters.